The first-order valence-corrected chi connectivity index (χ1v) is 8.10. The minimum atomic E-state index is 0.114. The number of rotatable bonds is 8. The van der Waals surface area contributed by atoms with Gasteiger partial charge in [0, 0.05) is 4.88 Å². The molecule has 18 heavy (non-hydrogen) atoms. The molecule has 1 heterocycles. The summed E-state index contributed by atoms with van der Waals surface area (Å²) < 4.78 is 0. The molecule has 3 heteroatoms. The highest BCUT2D eigenvalue weighted by atomic mass is 32.1. The molecule has 0 aliphatic heterocycles. The standard InChI is InChI=1S/C15H28N2S/c1-6-9-15(10-7-2,16-11-8-3)14-17-12(4)13(5)18-14/h16H,6-11H2,1-5H3. The fraction of sp³-hybridized carbons (Fsp3) is 0.800. The highest BCUT2D eigenvalue weighted by molar-refractivity contribution is 7.11. The molecule has 1 N–H and O–H groups in total. The maximum Gasteiger partial charge on any atom is 0.113 e. The minimum Gasteiger partial charge on any atom is -0.305 e. The maximum atomic E-state index is 4.83. The van der Waals surface area contributed by atoms with Crippen LogP contribution in [0.1, 0.15) is 68.5 Å². The van der Waals surface area contributed by atoms with E-state index in [1.165, 1.54) is 47.7 Å². The van der Waals surface area contributed by atoms with Gasteiger partial charge < -0.3 is 5.32 Å². The zero-order valence-electron chi connectivity index (χ0n) is 12.6. The Labute approximate surface area is 116 Å². The Hall–Kier alpha value is -0.410. The van der Waals surface area contributed by atoms with E-state index in [4.69, 9.17) is 4.98 Å². The average Bonchev–Trinajstić information content (AvgIpc) is 2.68. The lowest BCUT2D eigenvalue weighted by atomic mass is 9.89. The van der Waals surface area contributed by atoms with Crippen molar-refractivity contribution in [2.24, 2.45) is 0 Å². The fourth-order valence-corrected chi connectivity index (χ4v) is 3.62. The summed E-state index contributed by atoms with van der Waals surface area (Å²) in [6, 6.07) is 0. The molecule has 0 unspecified atom stereocenters. The van der Waals surface area contributed by atoms with E-state index in [-0.39, 0.29) is 5.54 Å². The van der Waals surface area contributed by atoms with Crippen LogP contribution in [0.4, 0.5) is 0 Å². The van der Waals surface area contributed by atoms with Gasteiger partial charge >= 0.3 is 0 Å². The minimum absolute atomic E-state index is 0.114. The van der Waals surface area contributed by atoms with Gasteiger partial charge in [0.1, 0.15) is 5.01 Å². The predicted octanol–water partition coefficient (Wildman–Crippen LogP) is 4.56. The first kappa shape index (κ1) is 15.6. The van der Waals surface area contributed by atoms with Crippen molar-refractivity contribution in [3.63, 3.8) is 0 Å². The van der Waals surface area contributed by atoms with E-state index in [2.05, 4.69) is 39.9 Å². The molecule has 0 aliphatic rings. The Balaban J connectivity index is 3.05. The van der Waals surface area contributed by atoms with Crippen molar-refractivity contribution >= 4 is 11.3 Å². The zero-order chi connectivity index (χ0) is 13.6. The molecular formula is C15H28N2S. The Morgan fingerprint density at radius 1 is 1.06 bits per heavy atom. The van der Waals surface area contributed by atoms with E-state index in [1.807, 2.05) is 11.3 Å². The van der Waals surface area contributed by atoms with Gasteiger partial charge in [0.25, 0.3) is 0 Å². The van der Waals surface area contributed by atoms with Gasteiger partial charge in [-0.15, -0.1) is 11.3 Å². The monoisotopic (exact) mass is 268 g/mol. The van der Waals surface area contributed by atoms with Gasteiger partial charge in [-0.1, -0.05) is 33.6 Å². The Morgan fingerprint density at radius 2 is 1.67 bits per heavy atom. The molecule has 0 atom stereocenters. The molecule has 2 nitrogen and oxygen atoms in total. The number of aromatic nitrogens is 1. The van der Waals surface area contributed by atoms with Crippen molar-refractivity contribution in [1.29, 1.82) is 0 Å². The summed E-state index contributed by atoms with van der Waals surface area (Å²) in [6.45, 7) is 12.2. The lowest BCUT2D eigenvalue weighted by Gasteiger charge is -2.33. The lowest BCUT2D eigenvalue weighted by Crippen LogP contribution is -2.42. The average molecular weight is 268 g/mol. The third-order valence-electron chi connectivity index (χ3n) is 3.50. The lowest BCUT2D eigenvalue weighted by molar-refractivity contribution is 0.279. The van der Waals surface area contributed by atoms with Crippen LogP contribution >= 0.6 is 11.3 Å². The maximum absolute atomic E-state index is 4.83. The van der Waals surface area contributed by atoms with Crippen molar-refractivity contribution in [2.45, 2.75) is 72.3 Å². The van der Waals surface area contributed by atoms with E-state index in [9.17, 15) is 0 Å². The molecule has 1 aromatic rings. The van der Waals surface area contributed by atoms with Crippen LogP contribution in [0.2, 0.25) is 0 Å². The van der Waals surface area contributed by atoms with E-state index >= 15 is 0 Å². The number of thiazole rings is 1. The van der Waals surface area contributed by atoms with Crippen molar-refractivity contribution < 1.29 is 0 Å². The van der Waals surface area contributed by atoms with Gasteiger partial charge in [-0.2, -0.15) is 0 Å². The van der Waals surface area contributed by atoms with Crippen LogP contribution in [0.5, 0.6) is 0 Å². The molecule has 0 spiro atoms. The van der Waals surface area contributed by atoms with E-state index in [0.29, 0.717) is 0 Å². The summed E-state index contributed by atoms with van der Waals surface area (Å²) >= 11 is 1.88. The Morgan fingerprint density at radius 3 is 2.06 bits per heavy atom. The van der Waals surface area contributed by atoms with Crippen molar-refractivity contribution in [2.75, 3.05) is 6.54 Å². The third-order valence-corrected chi connectivity index (χ3v) is 4.78. The second-order valence-electron chi connectivity index (χ2n) is 5.17. The highest BCUT2D eigenvalue weighted by Crippen LogP contribution is 2.35. The molecular weight excluding hydrogens is 240 g/mol. The fourth-order valence-electron chi connectivity index (χ4n) is 2.49. The molecule has 104 valence electrons. The molecule has 0 bridgehead atoms. The van der Waals surface area contributed by atoms with E-state index < -0.39 is 0 Å². The van der Waals surface area contributed by atoms with Crippen LogP contribution in [-0.2, 0) is 5.54 Å². The van der Waals surface area contributed by atoms with Crippen molar-refractivity contribution in [1.82, 2.24) is 10.3 Å². The second-order valence-corrected chi connectivity index (χ2v) is 6.37. The van der Waals surface area contributed by atoms with Gasteiger partial charge in [-0.25, -0.2) is 4.98 Å². The summed E-state index contributed by atoms with van der Waals surface area (Å²) in [4.78, 5) is 6.19. The van der Waals surface area contributed by atoms with Gasteiger partial charge in [0.15, 0.2) is 0 Å². The van der Waals surface area contributed by atoms with Crippen LogP contribution in [0, 0.1) is 13.8 Å². The van der Waals surface area contributed by atoms with Crippen LogP contribution in [0.25, 0.3) is 0 Å². The topological polar surface area (TPSA) is 24.9 Å². The van der Waals surface area contributed by atoms with Crippen molar-refractivity contribution in [3.8, 4) is 0 Å². The first-order valence-electron chi connectivity index (χ1n) is 7.29. The molecule has 0 saturated carbocycles. The normalized spacial score (nSPS) is 12.1. The SMILES string of the molecule is CCCNC(CCC)(CCC)c1nc(C)c(C)s1. The third kappa shape index (κ3) is 3.55. The zero-order valence-corrected chi connectivity index (χ0v) is 13.4. The highest BCUT2D eigenvalue weighted by Gasteiger charge is 2.33. The molecule has 0 fully saturated rings. The van der Waals surface area contributed by atoms with E-state index in [1.54, 1.807) is 0 Å². The number of nitrogens with one attached hydrogen (secondary N) is 1. The predicted molar refractivity (Wildman–Crippen MR) is 81.4 cm³/mol. The molecule has 1 rings (SSSR count). The Kier molecular flexibility index (Phi) is 6.30. The number of hydrogen-bond donors (Lipinski definition) is 1. The van der Waals surface area contributed by atoms with Crippen molar-refractivity contribution in [3.05, 3.63) is 15.6 Å². The summed E-state index contributed by atoms with van der Waals surface area (Å²) in [5.41, 5.74) is 1.31. The van der Waals surface area contributed by atoms with Crippen LogP contribution < -0.4 is 5.32 Å². The molecule has 0 aromatic carbocycles. The molecule has 0 aliphatic carbocycles. The number of nitrogens with zero attached hydrogens (tertiary/aromatic N) is 1. The van der Waals surface area contributed by atoms with Gasteiger partial charge in [0.05, 0.1) is 11.2 Å². The van der Waals surface area contributed by atoms with Crippen LogP contribution in [0.15, 0.2) is 0 Å². The first-order chi connectivity index (χ1) is 8.59. The molecule has 1 aromatic heterocycles. The molecule has 0 radical (unpaired) electrons. The summed E-state index contributed by atoms with van der Waals surface area (Å²) in [5.74, 6) is 0. The van der Waals surface area contributed by atoms with Crippen LogP contribution in [-0.4, -0.2) is 11.5 Å². The number of hydrogen-bond acceptors (Lipinski definition) is 3. The second kappa shape index (κ2) is 7.25. The van der Waals surface area contributed by atoms with E-state index in [0.717, 1.165) is 6.54 Å². The van der Waals surface area contributed by atoms with Gasteiger partial charge in [-0.05, 0) is 39.7 Å². The Bertz CT molecular complexity index is 332. The summed E-state index contributed by atoms with van der Waals surface area (Å²) in [7, 11) is 0. The molecule has 0 amide bonds. The molecule has 0 saturated heterocycles. The summed E-state index contributed by atoms with van der Waals surface area (Å²) in [6.07, 6.45) is 5.96. The quantitative estimate of drug-likeness (QED) is 0.748. The van der Waals surface area contributed by atoms with Crippen LogP contribution in [0.3, 0.4) is 0 Å². The smallest absolute Gasteiger partial charge is 0.113 e. The largest absolute Gasteiger partial charge is 0.305 e. The van der Waals surface area contributed by atoms with Gasteiger partial charge in [0.2, 0.25) is 0 Å². The summed E-state index contributed by atoms with van der Waals surface area (Å²) in [5, 5.41) is 5.09. The number of aryl methyl sites for hydroxylation is 2. The van der Waals surface area contributed by atoms with Gasteiger partial charge in [-0.3, -0.25) is 0 Å².